The SMILES string of the molecule is COc1ccc(OC)c(-c2cc(C(=O)NCCC(=O)N(C)C)no2)c1. The van der Waals surface area contributed by atoms with Gasteiger partial charge in [0.25, 0.3) is 5.91 Å². The van der Waals surface area contributed by atoms with E-state index in [-0.39, 0.29) is 24.6 Å². The van der Waals surface area contributed by atoms with E-state index in [1.165, 1.54) is 18.1 Å². The summed E-state index contributed by atoms with van der Waals surface area (Å²) in [6, 6.07) is 6.74. The molecule has 0 aliphatic heterocycles. The first-order chi connectivity index (χ1) is 12.0. The Hall–Kier alpha value is -3.03. The molecule has 1 aromatic heterocycles. The van der Waals surface area contributed by atoms with Crippen LogP contribution < -0.4 is 14.8 Å². The second kappa shape index (κ2) is 8.18. The summed E-state index contributed by atoms with van der Waals surface area (Å²) < 4.78 is 15.7. The minimum atomic E-state index is -0.414. The van der Waals surface area contributed by atoms with Crippen molar-refractivity contribution in [3.8, 4) is 22.8 Å². The van der Waals surface area contributed by atoms with Crippen molar-refractivity contribution in [3.63, 3.8) is 0 Å². The predicted octanol–water partition coefficient (Wildman–Crippen LogP) is 1.57. The minimum absolute atomic E-state index is 0.0674. The third-order valence-electron chi connectivity index (χ3n) is 3.54. The Morgan fingerprint density at radius 1 is 1.20 bits per heavy atom. The number of benzene rings is 1. The second-order valence-corrected chi connectivity index (χ2v) is 5.44. The number of hydrogen-bond donors (Lipinski definition) is 1. The maximum absolute atomic E-state index is 12.1. The van der Waals surface area contributed by atoms with E-state index in [0.29, 0.717) is 22.8 Å². The highest BCUT2D eigenvalue weighted by Crippen LogP contribution is 2.33. The van der Waals surface area contributed by atoms with Crippen LogP contribution in [0.25, 0.3) is 11.3 Å². The number of nitrogens with one attached hydrogen (secondary N) is 1. The van der Waals surface area contributed by atoms with Gasteiger partial charge in [0, 0.05) is 33.1 Å². The molecule has 25 heavy (non-hydrogen) atoms. The molecule has 0 fully saturated rings. The standard InChI is InChI=1S/C17H21N3O5/c1-20(2)16(21)7-8-18-17(22)13-10-15(25-19-13)12-9-11(23-3)5-6-14(12)24-4/h5-6,9-10H,7-8H2,1-4H3,(H,18,22). The van der Waals surface area contributed by atoms with Gasteiger partial charge in [-0.25, -0.2) is 0 Å². The van der Waals surface area contributed by atoms with Gasteiger partial charge in [-0.3, -0.25) is 9.59 Å². The van der Waals surface area contributed by atoms with Crippen LogP contribution in [0.15, 0.2) is 28.8 Å². The quantitative estimate of drug-likeness (QED) is 0.817. The van der Waals surface area contributed by atoms with E-state index >= 15 is 0 Å². The van der Waals surface area contributed by atoms with Crippen LogP contribution in [0.3, 0.4) is 0 Å². The van der Waals surface area contributed by atoms with Crippen molar-refractivity contribution < 1.29 is 23.6 Å². The first-order valence-corrected chi connectivity index (χ1v) is 7.63. The zero-order valence-electron chi connectivity index (χ0n) is 14.7. The smallest absolute Gasteiger partial charge is 0.273 e. The van der Waals surface area contributed by atoms with Crippen molar-refractivity contribution in [2.75, 3.05) is 34.9 Å². The molecule has 2 amide bonds. The van der Waals surface area contributed by atoms with Crippen molar-refractivity contribution in [1.29, 1.82) is 0 Å². The topological polar surface area (TPSA) is 93.9 Å². The molecule has 0 aliphatic carbocycles. The normalized spacial score (nSPS) is 10.2. The number of hydrogen-bond acceptors (Lipinski definition) is 6. The monoisotopic (exact) mass is 347 g/mol. The van der Waals surface area contributed by atoms with Gasteiger partial charge in [-0.05, 0) is 18.2 Å². The number of carbonyl (C=O) groups is 2. The first kappa shape index (κ1) is 18.3. The molecule has 1 heterocycles. The predicted molar refractivity (Wildman–Crippen MR) is 90.7 cm³/mol. The largest absolute Gasteiger partial charge is 0.497 e. The summed E-state index contributed by atoms with van der Waals surface area (Å²) in [5.41, 5.74) is 0.744. The van der Waals surface area contributed by atoms with E-state index < -0.39 is 5.91 Å². The summed E-state index contributed by atoms with van der Waals surface area (Å²) >= 11 is 0. The molecule has 0 saturated heterocycles. The Morgan fingerprint density at radius 2 is 1.96 bits per heavy atom. The average Bonchev–Trinajstić information content (AvgIpc) is 3.10. The number of nitrogens with zero attached hydrogens (tertiary/aromatic N) is 2. The van der Waals surface area contributed by atoms with Gasteiger partial charge in [-0.2, -0.15) is 0 Å². The highest BCUT2D eigenvalue weighted by molar-refractivity contribution is 5.93. The molecule has 0 unspecified atom stereocenters. The number of carbonyl (C=O) groups excluding carboxylic acids is 2. The molecule has 0 aliphatic rings. The molecule has 134 valence electrons. The fourth-order valence-corrected chi connectivity index (χ4v) is 2.11. The van der Waals surface area contributed by atoms with Crippen LogP contribution in [0.1, 0.15) is 16.9 Å². The van der Waals surface area contributed by atoms with Crippen LogP contribution in [0, 0.1) is 0 Å². The Balaban J connectivity index is 2.09. The number of rotatable bonds is 7. The van der Waals surface area contributed by atoms with Gasteiger partial charge in [0.05, 0.1) is 19.8 Å². The molecule has 0 radical (unpaired) electrons. The fourth-order valence-electron chi connectivity index (χ4n) is 2.11. The Morgan fingerprint density at radius 3 is 2.60 bits per heavy atom. The van der Waals surface area contributed by atoms with Gasteiger partial charge in [0.1, 0.15) is 11.5 Å². The van der Waals surface area contributed by atoms with E-state index in [1.54, 1.807) is 39.4 Å². The highest BCUT2D eigenvalue weighted by atomic mass is 16.5. The van der Waals surface area contributed by atoms with Crippen molar-refractivity contribution in [3.05, 3.63) is 30.0 Å². The number of ether oxygens (including phenoxy) is 2. The second-order valence-electron chi connectivity index (χ2n) is 5.44. The number of amides is 2. The number of aromatic nitrogens is 1. The van der Waals surface area contributed by atoms with Gasteiger partial charge in [-0.1, -0.05) is 5.16 Å². The van der Waals surface area contributed by atoms with E-state index in [4.69, 9.17) is 14.0 Å². The molecule has 2 aromatic rings. The Bertz CT molecular complexity index is 754. The summed E-state index contributed by atoms with van der Waals surface area (Å²) in [5, 5.41) is 6.41. The van der Waals surface area contributed by atoms with Gasteiger partial charge in [0.15, 0.2) is 11.5 Å². The summed E-state index contributed by atoms with van der Waals surface area (Å²) in [6.45, 7) is 0.223. The lowest BCUT2D eigenvalue weighted by atomic mass is 10.1. The lowest BCUT2D eigenvalue weighted by Crippen LogP contribution is -2.30. The minimum Gasteiger partial charge on any atom is -0.497 e. The lowest BCUT2D eigenvalue weighted by molar-refractivity contribution is -0.128. The lowest BCUT2D eigenvalue weighted by Gasteiger charge is -2.09. The first-order valence-electron chi connectivity index (χ1n) is 7.63. The van der Waals surface area contributed by atoms with E-state index in [2.05, 4.69) is 10.5 Å². The van der Waals surface area contributed by atoms with Crippen LogP contribution >= 0.6 is 0 Å². The molecular weight excluding hydrogens is 326 g/mol. The molecule has 1 aromatic carbocycles. The maximum Gasteiger partial charge on any atom is 0.273 e. The molecule has 0 bridgehead atoms. The molecule has 0 saturated carbocycles. The summed E-state index contributed by atoms with van der Waals surface area (Å²) in [7, 11) is 6.42. The van der Waals surface area contributed by atoms with Crippen molar-refractivity contribution in [2.24, 2.45) is 0 Å². The van der Waals surface area contributed by atoms with Crippen molar-refractivity contribution in [1.82, 2.24) is 15.4 Å². The van der Waals surface area contributed by atoms with E-state index in [1.807, 2.05) is 0 Å². The molecule has 0 atom stereocenters. The van der Waals surface area contributed by atoms with Crippen LogP contribution in [-0.4, -0.2) is 56.7 Å². The van der Waals surface area contributed by atoms with E-state index in [0.717, 1.165) is 0 Å². The van der Waals surface area contributed by atoms with Crippen LogP contribution in [0.4, 0.5) is 0 Å². The molecule has 2 rings (SSSR count). The van der Waals surface area contributed by atoms with Gasteiger partial charge >= 0.3 is 0 Å². The van der Waals surface area contributed by atoms with Crippen LogP contribution in [0.2, 0.25) is 0 Å². The van der Waals surface area contributed by atoms with E-state index in [9.17, 15) is 9.59 Å². The van der Waals surface area contributed by atoms with Crippen molar-refractivity contribution in [2.45, 2.75) is 6.42 Å². The summed E-state index contributed by atoms with van der Waals surface area (Å²) in [5.74, 6) is 1.09. The van der Waals surface area contributed by atoms with Crippen LogP contribution in [0.5, 0.6) is 11.5 Å². The third kappa shape index (κ3) is 4.50. The summed E-state index contributed by atoms with van der Waals surface area (Å²) in [4.78, 5) is 25.1. The zero-order valence-corrected chi connectivity index (χ0v) is 14.7. The maximum atomic E-state index is 12.1. The third-order valence-corrected chi connectivity index (χ3v) is 3.54. The zero-order chi connectivity index (χ0) is 18.4. The molecule has 1 N–H and O–H groups in total. The van der Waals surface area contributed by atoms with Gasteiger partial charge in [-0.15, -0.1) is 0 Å². The highest BCUT2D eigenvalue weighted by Gasteiger charge is 2.17. The molecule has 8 heteroatoms. The average molecular weight is 347 g/mol. The van der Waals surface area contributed by atoms with Gasteiger partial charge in [0.2, 0.25) is 5.91 Å². The molecular formula is C17H21N3O5. The Kier molecular flexibility index (Phi) is 5.99. The number of methoxy groups -OCH3 is 2. The van der Waals surface area contributed by atoms with Gasteiger partial charge < -0.3 is 24.2 Å². The fraction of sp³-hybridized carbons (Fsp3) is 0.353. The molecule has 8 nitrogen and oxygen atoms in total. The molecule has 0 spiro atoms. The Labute approximate surface area is 145 Å². The van der Waals surface area contributed by atoms with Crippen LogP contribution in [-0.2, 0) is 4.79 Å². The van der Waals surface area contributed by atoms with Crippen molar-refractivity contribution >= 4 is 11.8 Å². The summed E-state index contributed by atoms with van der Waals surface area (Å²) in [6.07, 6.45) is 0.215.